The average Bonchev–Trinajstić information content (AvgIpc) is 2.84. The van der Waals surface area contributed by atoms with Gasteiger partial charge in [-0.3, -0.25) is 10.2 Å². The number of carboxylic acid groups (broad SMARTS) is 1. The Labute approximate surface area is 108 Å². The lowest BCUT2D eigenvalue weighted by molar-refractivity contribution is -0.137. The van der Waals surface area contributed by atoms with Crippen LogP contribution >= 0.6 is 11.3 Å². The highest BCUT2D eigenvalue weighted by atomic mass is 32.1. The van der Waals surface area contributed by atoms with Crippen LogP contribution in [0.2, 0.25) is 0 Å². The van der Waals surface area contributed by atoms with Crippen LogP contribution in [0.4, 0.5) is 0 Å². The van der Waals surface area contributed by atoms with Crippen LogP contribution < -0.4 is 5.49 Å². The molecule has 0 saturated heterocycles. The Bertz CT molecular complexity index is 590. The molecule has 0 aliphatic rings. The first-order chi connectivity index (χ1) is 8.66. The second-order valence-corrected chi connectivity index (χ2v) is 4.75. The SMILES string of the molecule is N=c1ccc(-c2cccs2)nn1CCCC(=O)O. The summed E-state index contributed by atoms with van der Waals surface area (Å²) < 4.78 is 1.54. The zero-order valence-corrected chi connectivity index (χ0v) is 10.5. The van der Waals surface area contributed by atoms with Crippen molar-refractivity contribution in [3.8, 4) is 10.6 Å². The molecule has 5 nitrogen and oxygen atoms in total. The van der Waals surface area contributed by atoms with Gasteiger partial charge in [-0.25, -0.2) is 4.68 Å². The third-order valence-corrected chi connectivity index (χ3v) is 3.33. The summed E-state index contributed by atoms with van der Waals surface area (Å²) in [5.74, 6) is -0.823. The molecule has 0 fully saturated rings. The maximum atomic E-state index is 10.5. The highest BCUT2D eigenvalue weighted by molar-refractivity contribution is 7.13. The van der Waals surface area contributed by atoms with Crippen molar-refractivity contribution in [2.45, 2.75) is 19.4 Å². The number of nitrogens with zero attached hydrogens (tertiary/aromatic N) is 2. The molecule has 2 rings (SSSR count). The Morgan fingerprint density at radius 3 is 2.94 bits per heavy atom. The number of aromatic nitrogens is 2. The van der Waals surface area contributed by atoms with Crippen LogP contribution in [-0.2, 0) is 11.3 Å². The molecule has 2 aromatic heterocycles. The van der Waals surface area contributed by atoms with E-state index < -0.39 is 5.97 Å². The predicted molar refractivity (Wildman–Crippen MR) is 68.3 cm³/mol. The van der Waals surface area contributed by atoms with Gasteiger partial charge < -0.3 is 5.11 Å². The van der Waals surface area contributed by atoms with Crippen LogP contribution in [0.3, 0.4) is 0 Å². The van der Waals surface area contributed by atoms with E-state index in [0.29, 0.717) is 18.5 Å². The monoisotopic (exact) mass is 263 g/mol. The minimum atomic E-state index is -0.823. The van der Waals surface area contributed by atoms with Crippen molar-refractivity contribution in [1.29, 1.82) is 5.41 Å². The molecule has 18 heavy (non-hydrogen) atoms. The molecule has 2 heterocycles. The van der Waals surface area contributed by atoms with Crippen molar-refractivity contribution in [3.05, 3.63) is 35.1 Å². The average molecular weight is 263 g/mol. The molecule has 2 aromatic rings. The summed E-state index contributed by atoms with van der Waals surface area (Å²) in [4.78, 5) is 11.5. The van der Waals surface area contributed by atoms with E-state index in [9.17, 15) is 4.79 Å². The predicted octanol–water partition coefficient (Wildman–Crippen LogP) is 1.96. The van der Waals surface area contributed by atoms with Gasteiger partial charge in [-0.05, 0) is 30.0 Å². The number of carbonyl (C=O) groups is 1. The minimum absolute atomic E-state index is 0.0946. The van der Waals surface area contributed by atoms with E-state index in [1.807, 2.05) is 23.6 Å². The summed E-state index contributed by atoms with van der Waals surface area (Å²) in [6, 6.07) is 7.41. The van der Waals surface area contributed by atoms with Gasteiger partial charge in [0.25, 0.3) is 0 Å². The molecular weight excluding hydrogens is 250 g/mol. The van der Waals surface area contributed by atoms with Gasteiger partial charge in [0.2, 0.25) is 0 Å². The Morgan fingerprint density at radius 2 is 2.28 bits per heavy atom. The van der Waals surface area contributed by atoms with Gasteiger partial charge in [-0.2, -0.15) is 5.10 Å². The van der Waals surface area contributed by atoms with E-state index in [1.165, 1.54) is 4.68 Å². The highest BCUT2D eigenvalue weighted by Gasteiger charge is 2.03. The van der Waals surface area contributed by atoms with Crippen LogP contribution in [0.5, 0.6) is 0 Å². The summed E-state index contributed by atoms with van der Waals surface area (Å²) in [7, 11) is 0. The fourth-order valence-corrected chi connectivity index (χ4v) is 2.26. The first kappa shape index (κ1) is 12.5. The van der Waals surface area contributed by atoms with Crippen LogP contribution in [0, 0.1) is 5.41 Å². The molecule has 0 amide bonds. The Morgan fingerprint density at radius 1 is 1.44 bits per heavy atom. The molecule has 6 heteroatoms. The van der Waals surface area contributed by atoms with Crippen LogP contribution in [0.25, 0.3) is 10.6 Å². The fourth-order valence-electron chi connectivity index (χ4n) is 1.57. The van der Waals surface area contributed by atoms with Crippen molar-refractivity contribution in [2.75, 3.05) is 0 Å². The summed E-state index contributed by atoms with van der Waals surface area (Å²) in [6.45, 7) is 0.449. The lowest BCUT2D eigenvalue weighted by atomic mass is 10.3. The number of thiophene rings is 1. The van der Waals surface area contributed by atoms with Crippen molar-refractivity contribution in [1.82, 2.24) is 9.78 Å². The van der Waals surface area contributed by atoms with E-state index in [4.69, 9.17) is 10.5 Å². The highest BCUT2D eigenvalue weighted by Crippen LogP contribution is 2.21. The molecule has 0 aliphatic heterocycles. The van der Waals surface area contributed by atoms with Gasteiger partial charge in [0, 0.05) is 13.0 Å². The van der Waals surface area contributed by atoms with E-state index in [2.05, 4.69) is 5.10 Å². The van der Waals surface area contributed by atoms with Crippen molar-refractivity contribution >= 4 is 17.3 Å². The topological polar surface area (TPSA) is 79.0 Å². The van der Waals surface area contributed by atoms with Gasteiger partial charge in [0.05, 0.1) is 4.88 Å². The Hall–Kier alpha value is -1.95. The molecule has 0 atom stereocenters. The fraction of sp³-hybridized carbons (Fsp3) is 0.250. The molecular formula is C12H13N3O2S. The second kappa shape index (κ2) is 5.59. The first-order valence-electron chi connectivity index (χ1n) is 5.55. The maximum Gasteiger partial charge on any atom is 0.303 e. The zero-order valence-electron chi connectivity index (χ0n) is 9.67. The van der Waals surface area contributed by atoms with Gasteiger partial charge in [-0.15, -0.1) is 11.3 Å². The number of aryl methyl sites for hydroxylation is 1. The van der Waals surface area contributed by atoms with Crippen LogP contribution in [-0.4, -0.2) is 20.9 Å². The van der Waals surface area contributed by atoms with Crippen LogP contribution in [0.1, 0.15) is 12.8 Å². The Kier molecular flexibility index (Phi) is 3.88. The quantitative estimate of drug-likeness (QED) is 0.865. The number of rotatable bonds is 5. The van der Waals surface area contributed by atoms with Crippen LogP contribution in [0.15, 0.2) is 29.6 Å². The zero-order chi connectivity index (χ0) is 13.0. The third-order valence-electron chi connectivity index (χ3n) is 2.44. The van der Waals surface area contributed by atoms with Gasteiger partial charge in [0.1, 0.15) is 11.2 Å². The Balaban J connectivity index is 2.17. The molecule has 94 valence electrons. The van der Waals surface area contributed by atoms with Crippen molar-refractivity contribution in [2.24, 2.45) is 0 Å². The summed E-state index contributed by atoms with van der Waals surface area (Å²) in [6.07, 6.45) is 0.574. The van der Waals surface area contributed by atoms with E-state index >= 15 is 0 Å². The van der Waals surface area contributed by atoms with Gasteiger partial charge in [-0.1, -0.05) is 6.07 Å². The largest absolute Gasteiger partial charge is 0.481 e. The van der Waals surface area contributed by atoms with Gasteiger partial charge >= 0.3 is 5.97 Å². The maximum absolute atomic E-state index is 10.5. The lowest BCUT2D eigenvalue weighted by Crippen LogP contribution is -2.22. The minimum Gasteiger partial charge on any atom is -0.481 e. The molecule has 2 N–H and O–H groups in total. The summed E-state index contributed by atoms with van der Waals surface area (Å²) in [5, 5.41) is 22.7. The standard InChI is InChI=1S/C12H13N3O2S/c13-11-6-5-9(10-3-2-8-18-10)14-15(11)7-1-4-12(16)17/h2-3,5-6,8,13H,1,4,7H2,(H,16,17). The number of hydrogen-bond donors (Lipinski definition) is 2. The first-order valence-corrected chi connectivity index (χ1v) is 6.43. The molecule has 0 bridgehead atoms. The number of aliphatic carboxylic acids is 1. The summed E-state index contributed by atoms with van der Waals surface area (Å²) in [5.41, 5.74) is 1.11. The molecule has 0 aromatic carbocycles. The molecule has 0 unspecified atom stereocenters. The lowest BCUT2D eigenvalue weighted by Gasteiger charge is -2.06. The smallest absolute Gasteiger partial charge is 0.303 e. The van der Waals surface area contributed by atoms with E-state index in [0.717, 1.165) is 10.6 Å². The van der Waals surface area contributed by atoms with Gasteiger partial charge in [0.15, 0.2) is 0 Å². The number of nitrogens with one attached hydrogen (secondary N) is 1. The van der Waals surface area contributed by atoms with E-state index in [1.54, 1.807) is 17.4 Å². The molecule has 0 radical (unpaired) electrons. The second-order valence-electron chi connectivity index (χ2n) is 3.80. The number of hydrogen-bond acceptors (Lipinski definition) is 4. The molecule has 0 aliphatic carbocycles. The number of carboxylic acids is 1. The van der Waals surface area contributed by atoms with Crippen molar-refractivity contribution < 1.29 is 9.90 Å². The third kappa shape index (κ3) is 3.04. The normalized spacial score (nSPS) is 10.4. The summed E-state index contributed by atoms with van der Waals surface area (Å²) >= 11 is 1.59. The van der Waals surface area contributed by atoms with Crippen molar-refractivity contribution in [3.63, 3.8) is 0 Å². The molecule has 0 spiro atoms. The molecule has 0 saturated carbocycles. The van der Waals surface area contributed by atoms with E-state index in [-0.39, 0.29) is 6.42 Å².